The first-order valence-electron chi connectivity index (χ1n) is 12.1. The predicted molar refractivity (Wildman–Crippen MR) is 146 cm³/mol. The molecule has 0 bridgehead atoms. The van der Waals surface area contributed by atoms with Gasteiger partial charge in [0.2, 0.25) is 10.0 Å². The molecule has 3 rings (SSSR count). The highest BCUT2D eigenvalue weighted by atomic mass is 32.2. The fourth-order valence-corrected chi connectivity index (χ4v) is 4.39. The minimum absolute atomic E-state index is 0.0205. The highest BCUT2D eigenvalue weighted by Gasteiger charge is 2.25. The fourth-order valence-electron chi connectivity index (χ4n) is 3.89. The molecule has 10 heteroatoms. The van der Waals surface area contributed by atoms with Crippen LogP contribution in [0.5, 0.6) is 0 Å². The van der Waals surface area contributed by atoms with E-state index in [1.807, 2.05) is 30.3 Å². The van der Waals surface area contributed by atoms with Gasteiger partial charge >= 0.3 is 0 Å². The number of benzene rings is 3. The zero-order chi connectivity index (χ0) is 27.9. The second-order valence-electron chi connectivity index (χ2n) is 9.50. The summed E-state index contributed by atoms with van der Waals surface area (Å²) in [7, 11) is -2.06. The molecule has 3 aromatic carbocycles. The zero-order valence-electron chi connectivity index (χ0n) is 21.7. The van der Waals surface area contributed by atoms with E-state index in [1.54, 1.807) is 37.3 Å². The van der Waals surface area contributed by atoms with E-state index >= 15 is 0 Å². The average molecular weight is 544 g/mol. The Morgan fingerprint density at radius 3 is 2.50 bits per heavy atom. The van der Waals surface area contributed by atoms with E-state index in [9.17, 15) is 22.7 Å². The van der Waals surface area contributed by atoms with Gasteiger partial charge in [0.05, 0.1) is 43.3 Å². The van der Waals surface area contributed by atoms with Crippen LogP contribution in [0, 0.1) is 5.82 Å². The summed E-state index contributed by atoms with van der Waals surface area (Å²) < 4.78 is 45.0. The van der Waals surface area contributed by atoms with Gasteiger partial charge in [0.25, 0.3) is 5.91 Å². The number of anilines is 1. The summed E-state index contributed by atoms with van der Waals surface area (Å²) in [6, 6.07) is 19.8. The number of amides is 1. The number of nitrogens with zero attached hydrogens (tertiary/aromatic N) is 1. The number of hydrogen-bond acceptors (Lipinski definition) is 6. The Morgan fingerprint density at radius 1 is 1.13 bits per heavy atom. The summed E-state index contributed by atoms with van der Waals surface area (Å²) in [6.07, 6.45) is 1.48. The second kappa shape index (κ2) is 12.5. The maximum absolute atomic E-state index is 14.5. The molecule has 0 aliphatic rings. The number of carbonyl (C=O) groups excluding carboxylic acids is 1. The first kappa shape index (κ1) is 29.2. The van der Waals surface area contributed by atoms with Crippen LogP contribution in [-0.4, -0.2) is 51.5 Å². The standard InChI is InChI=1S/C28H34FN3O5S/c1-20(31-27(34)23-10-7-11-25(15-23)32(2)38(3,35)36)22-12-13-26(29)24(14-22)17-37-19-28(30,18-33)16-21-8-5-4-6-9-21/h4-15,20,33H,16-19,30H2,1-3H3,(H,31,34)/t20-,28?/m1/s1. The van der Waals surface area contributed by atoms with Crippen molar-refractivity contribution in [2.24, 2.45) is 5.73 Å². The third kappa shape index (κ3) is 7.84. The van der Waals surface area contributed by atoms with Crippen molar-refractivity contribution in [3.63, 3.8) is 0 Å². The molecule has 0 fully saturated rings. The molecule has 0 radical (unpaired) electrons. The summed E-state index contributed by atoms with van der Waals surface area (Å²) in [6.45, 7) is 1.42. The molecule has 204 valence electrons. The van der Waals surface area contributed by atoms with Crippen LogP contribution in [0.2, 0.25) is 0 Å². The third-order valence-corrected chi connectivity index (χ3v) is 7.45. The van der Waals surface area contributed by atoms with Crippen LogP contribution in [0.3, 0.4) is 0 Å². The summed E-state index contributed by atoms with van der Waals surface area (Å²) in [5, 5.41) is 12.7. The van der Waals surface area contributed by atoms with E-state index in [2.05, 4.69) is 5.32 Å². The van der Waals surface area contributed by atoms with Gasteiger partial charge in [-0.25, -0.2) is 12.8 Å². The van der Waals surface area contributed by atoms with Gasteiger partial charge in [-0.05, 0) is 54.8 Å². The summed E-state index contributed by atoms with van der Waals surface area (Å²) in [5.74, 6) is -0.862. The van der Waals surface area contributed by atoms with Gasteiger partial charge < -0.3 is 20.9 Å². The molecule has 0 saturated heterocycles. The minimum atomic E-state index is -3.48. The quantitative estimate of drug-likeness (QED) is 0.323. The van der Waals surface area contributed by atoms with Gasteiger partial charge in [-0.15, -0.1) is 0 Å². The minimum Gasteiger partial charge on any atom is -0.394 e. The molecular weight excluding hydrogens is 509 g/mol. The maximum Gasteiger partial charge on any atom is 0.251 e. The molecule has 0 aliphatic heterocycles. The van der Waals surface area contributed by atoms with E-state index in [1.165, 1.54) is 19.2 Å². The molecule has 0 saturated carbocycles. The monoisotopic (exact) mass is 543 g/mol. The van der Waals surface area contributed by atoms with E-state index in [0.717, 1.165) is 16.1 Å². The van der Waals surface area contributed by atoms with Crippen LogP contribution < -0.4 is 15.4 Å². The lowest BCUT2D eigenvalue weighted by molar-refractivity contribution is 0.0446. The number of sulfonamides is 1. The number of carbonyl (C=O) groups is 1. The van der Waals surface area contributed by atoms with Gasteiger partial charge in [-0.3, -0.25) is 9.10 Å². The normalized spacial score (nSPS) is 13.9. The van der Waals surface area contributed by atoms with E-state index < -0.39 is 33.3 Å². The number of nitrogens with two attached hydrogens (primary N) is 1. The Kier molecular flexibility index (Phi) is 9.61. The summed E-state index contributed by atoms with van der Waals surface area (Å²) in [5.41, 5.74) is 7.86. The SMILES string of the molecule is C[C@@H](NC(=O)c1cccc(N(C)S(C)(=O)=O)c1)c1ccc(F)c(COCC(N)(CO)Cc2ccccc2)c1. The van der Waals surface area contributed by atoms with Gasteiger partial charge in [0.15, 0.2) is 0 Å². The molecule has 0 aliphatic carbocycles. The topological polar surface area (TPSA) is 122 Å². The third-order valence-electron chi connectivity index (χ3n) is 6.25. The highest BCUT2D eigenvalue weighted by molar-refractivity contribution is 7.92. The lowest BCUT2D eigenvalue weighted by Crippen LogP contribution is -2.50. The molecule has 0 aromatic heterocycles. The number of halogens is 1. The van der Waals surface area contributed by atoms with Crippen LogP contribution in [-0.2, 0) is 27.8 Å². The lowest BCUT2D eigenvalue weighted by Gasteiger charge is -2.27. The summed E-state index contributed by atoms with van der Waals surface area (Å²) in [4.78, 5) is 12.9. The number of aliphatic hydroxyl groups excluding tert-OH is 1. The smallest absolute Gasteiger partial charge is 0.251 e. The number of nitrogens with one attached hydrogen (secondary N) is 1. The molecule has 1 amide bonds. The van der Waals surface area contributed by atoms with Crippen molar-refractivity contribution in [2.45, 2.75) is 31.5 Å². The second-order valence-corrected chi connectivity index (χ2v) is 11.5. The van der Waals surface area contributed by atoms with Crippen LogP contribution in [0.15, 0.2) is 72.8 Å². The Bertz CT molecular complexity index is 1350. The highest BCUT2D eigenvalue weighted by Crippen LogP contribution is 2.21. The first-order valence-corrected chi connectivity index (χ1v) is 13.9. The molecule has 38 heavy (non-hydrogen) atoms. The van der Waals surface area contributed by atoms with Crippen molar-refractivity contribution in [3.8, 4) is 0 Å². The molecule has 8 nitrogen and oxygen atoms in total. The fraction of sp³-hybridized carbons (Fsp3) is 0.321. The Morgan fingerprint density at radius 2 is 1.84 bits per heavy atom. The zero-order valence-corrected chi connectivity index (χ0v) is 22.5. The van der Waals surface area contributed by atoms with Crippen LogP contribution in [0.25, 0.3) is 0 Å². The van der Waals surface area contributed by atoms with Crippen molar-refractivity contribution in [1.82, 2.24) is 5.32 Å². The van der Waals surface area contributed by atoms with Crippen LogP contribution in [0.4, 0.5) is 10.1 Å². The lowest BCUT2D eigenvalue weighted by atomic mass is 9.93. The molecule has 3 aromatic rings. The molecule has 2 atom stereocenters. The molecule has 0 spiro atoms. The number of rotatable bonds is 12. The van der Waals surface area contributed by atoms with Crippen LogP contribution in [0.1, 0.15) is 40.0 Å². The Hall–Kier alpha value is -3.31. The number of hydrogen-bond donors (Lipinski definition) is 3. The van der Waals surface area contributed by atoms with Crippen molar-refractivity contribution < 1.29 is 27.4 Å². The summed E-state index contributed by atoms with van der Waals surface area (Å²) >= 11 is 0. The van der Waals surface area contributed by atoms with E-state index in [0.29, 0.717) is 23.2 Å². The van der Waals surface area contributed by atoms with Gasteiger partial charge in [-0.1, -0.05) is 42.5 Å². The molecule has 1 unspecified atom stereocenters. The number of ether oxygens (including phenoxy) is 1. The molecular formula is C28H34FN3O5S. The molecule has 0 heterocycles. The maximum atomic E-state index is 14.5. The van der Waals surface area contributed by atoms with Gasteiger partial charge in [-0.2, -0.15) is 0 Å². The Balaban J connectivity index is 1.65. The van der Waals surface area contributed by atoms with Gasteiger partial charge in [0.1, 0.15) is 5.82 Å². The first-order chi connectivity index (χ1) is 17.9. The number of aliphatic hydroxyl groups is 1. The average Bonchev–Trinajstić information content (AvgIpc) is 2.89. The predicted octanol–water partition coefficient (Wildman–Crippen LogP) is 3.16. The van der Waals surface area contributed by atoms with E-state index in [-0.39, 0.29) is 25.4 Å². The Labute approximate surface area is 223 Å². The van der Waals surface area contributed by atoms with Crippen molar-refractivity contribution in [3.05, 3.63) is 101 Å². The molecule has 4 N–H and O–H groups in total. The largest absolute Gasteiger partial charge is 0.394 e. The van der Waals surface area contributed by atoms with Gasteiger partial charge in [0, 0.05) is 18.2 Å². The van der Waals surface area contributed by atoms with E-state index in [4.69, 9.17) is 10.5 Å². The van der Waals surface area contributed by atoms with Crippen molar-refractivity contribution in [2.75, 3.05) is 30.8 Å². The van der Waals surface area contributed by atoms with Crippen molar-refractivity contribution in [1.29, 1.82) is 0 Å². The van der Waals surface area contributed by atoms with Crippen LogP contribution >= 0.6 is 0 Å². The van der Waals surface area contributed by atoms with Crippen molar-refractivity contribution >= 4 is 21.6 Å².